The molecule has 2 aromatic rings. The molecule has 0 spiro atoms. The van der Waals surface area contributed by atoms with E-state index in [1.54, 1.807) is 20.9 Å². The van der Waals surface area contributed by atoms with E-state index in [1.165, 1.54) is 4.68 Å². The molecule has 0 amide bonds. The molecule has 25 heavy (non-hydrogen) atoms. The molecule has 0 fully saturated rings. The van der Waals surface area contributed by atoms with Gasteiger partial charge < -0.3 is 15.8 Å². The van der Waals surface area contributed by atoms with Crippen molar-refractivity contribution in [1.82, 2.24) is 19.7 Å². The average Bonchev–Trinajstić information content (AvgIpc) is 2.72. The van der Waals surface area contributed by atoms with E-state index in [-0.39, 0.29) is 23.8 Å². The molecule has 0 aromatic carbocycles. The Bertz CT molecular complexity index is 749. The quantitative estimate of drug-likeness (QED) is 0.751. The lowest BCUT2D eigenvalue weighted by molar-refractivity contribution is -0.137. The van der Waals surface area contributed by atoms with Crippen molar-refractivity contribution in [1.29, 1.82) is 0 Å². The van der Waals surface area contributed by atoms with Crippen molar-refractivity contribution in [2.75, 3.05) is 17.7 Å². The summed E-state index contributed by atoms with van der Waals surface area (Å²) in [5.74, 6) is 0.493. The van der Waals surface area contributed by atoms with Crippen LogP contribution < -0.4 is 15.8 Å². The summed E-state index contributed by atoms with van der Waals surface area (Å²) in [5.41, 5.74) is 5.50. The Hall–Kier alpha value is -2.23. The van der Waals surface area contributed by atoms with Crippen molar-refractivity contribution in [2.24, 2.45) is 7.05 Å². The van der Waals surface area contributed by atoms with Crippen LogP contribution in [0, 0.1) is 6.92 Å². The highest BCUT2D eigenvalue weighted by molar-refractivity contribution is 6.28. The van der Waals surface area contributed by atoms with Crippen molar-refractivity contribution in [3.05, 3.63) is 22.7 Å². The lowest BCUT2D eigenvalue weighted by Crippen LogP contribution is -2.22. The van der Waals surface area contributed by atoms with Crippen LogP contribution in [0.3, 0.4) is 0 Å². The van der Waals surface area contributed by atoms with Gasteiger partial charge in [-0.3, -0.25) is 0 Å². The van der Waals surface area contributed by atoms with Crippen LogP contribution in [0.25, 0.3) is 0 Å². The maximum Gasteiger partial charge on any atom is 0.421 e. The first-order valence-corrected chi connectivity index (χ1v) is 7.75. The molecule has 0 saturated carbocycles. The number of rotatable bonds is 6. The minimum atomic E-state index is -4.58. The molecule has 138 valence electrons. The minimum absolute atomic E-state index is 0.241. The second-order valence-electron chi connectivity index (χ2n) is 5.50. The molecule has 0 aliphatic carbocycles. The molecule has 0 unspecified atom stereocenters. The third-order valence-corrected chi connectivity index (χ3v) is 3.64. The topological polar surface area (TPSA) is 90.9 Å². The zero-order valence-corrected chi connectivity index (χ0v) is 14.6. The Morgan fingerprint density at radius 1 is 1.44 bits per heavy atom. The van der Waals surface area contributed by atoms with Gasteiger partial charge >= 0.3 is 6.18 Å². The van der Waals surface area contributed by atoms with Crippen LogP contribution in [0.5, 0.6) is 5.75 Å². The van der Waals surface area contributed by atoms with Gasteiger partial charge in [0.1, 0.15) is 17.1 Å². The number of nitrogens with one attached hydrogen (secondary N) is 1. The van der Waals surface area contributed by atoms with Crippen molar-refractivity contribution in [2.45, 2.75) is 32.5 Å². The molecule has 7 nitrogen and oxygen atoms in total. The van der Waals surface area contributed by atoms with Gasteiger partial charge in [-0.05, 0) is 25.4 Å². The SMILES string of the molecule is Cc1nn(C)c(N)c1OCC[C@H](C)Nc1nc(Cl)ncc1C(F)(F)F. The van der Waals surface area contributed by atoms with Gasteiger partial charge in [-0.15, -0.1) is 0 Å². The van der Waals surface area contributed by atoms with Crippen LogP contribution in [0.1, 0.15) is 24.6 Å². The van der Waals surface area contributed by atoms with E-state index in [1.807, 2.05) is 0 Å². The number of hydrogen-bond acceptors (Lipinski definition) is 6. The van der Waals surface area contributed by atoms with E-state index in [0.717, 1.165) is 0 Å². The summed E-state index contributed by atoms with van der Waals surface area (Å²) in [6.07, 6.45) is -3.52. The lowest BCUT2D eigenvalue weighted by Gasteiger charge is -2.18. The highest BCUT2D eigenvalue weighted by Gasteiger charge is 2.35. The monoisotopic (exact) mass is 378 g/mol. The molecule has 11 heteroatoms. The Morgan fingerprint density at radius 3 is 2.68 bits per heavy atom. The number of aromatic nitrogens is 4. The highest BCUT2D eigenvalue weighted by Crippen LogP contribution is 2.34. The van der Waals surface area contributed by atoms with Gasteiger partial charge in [0.25, 0.3) is 0 Å². The number of nitrogen functional groups attached to an aromatic ring is 1. The Kier molecular flexibility index (Phi) is 5.61. The van der Waals surface area contributed by atoms with Crippen LogP contribution in [-0.4, -0.2) is 32.4 Å². The summed E-state index contributed by atoms with van der Waals surface area (Å²) in [7, 11) is 1.69. The van der Waals surface area contributed by atoms with Crippen molar-refractivity contribution >= 4 is 23.2 Å². The number of anilines is 2. The van der Waals surface area contributed by atoms with Gasteiger partial charge in [0.15, 0.2) is 11.6 Å². The molecule has 0 saturated heterocycles. The highest BCUT2D eigenvalue weighted by atomic mass is 35.5. The number of nitrogens with zero attached hydrogens (tertiary/aromatic N) is 4. The van der Waals surface area contributed by atoms with Gasteiger partial charge in [0.2, 0.25) is 5.28 Å². The van der Waals surface area contributed by atoms with Gasteiger partial charge in [0, 0.05) is 25.7 Å². The molecular formula is C14H18ClF3N6O. The molecule has 2 rings (SSSR count). The van der Waals surface area contributed by atoms with Crippen molar-refractivity contribution in [3.8, 4) is 5.75 Å². The molecule has 0 aliphatic rings. The normalized spacial score (nSPS) is 12.9. The summed E-state index contributed by atoms with van der Waals surface area (Å²) >= 11 is 5.59. The maximum atomic E-state index is 13.0. The molecular weight excluding hydrogens is 361 g/mol. The third-order valence-electron chi connectivity index (χ3n) is 3.46. The fourth-order valence-corrected chi connectivity index (χ4v) is 2.29. The van der Waals surface area contributed by atoms with E-state index >= 15 is 0 Å². The summed E-state index contributed by atoms with van der Waals surface area (Å²) in [5, 5.41) is 6.54. The first kappa shape index (κ1) is 19.1. The van der Waals surface area contributed by atoms with Crippen LogP contribution in [0.15, 0.2) is 6.20 Å². The zero-order valence-electron chi connectivity index (χ0n) is 13.9. The first-order valence-electron chi connectivity index (χ1n) is 7.37. The van der Waals surface area contributed by atoms with E-state index in [0.29, 0.717) is 29.9 Å². The predicted molar refractivity (Wildman–Crippen MR) is 87.6 cm³/mol. The minimum Gasteiger partial charge on any atom is -0.488 e. The Balaban J connectivity index is 1.99. The Labute approximate surface area is 147 Å². The van der Waals surface area contributed by atoms with E-state index in [9.17, 15) is 13.2 Å². The summed E-state index contributed by atoms with van der Waals surface area (Å²) < 4.78 is 46.0. The van der Waals surface area contributed by atoms with E-state index in [2.05, 4.69) is 20.4 Å². The largest absolute Gasteiger partial charge is 0.488 e. The fraction of sp³-hybridized carbons (Fsp3) is 0.500. The molecule has 1 atom stereocenters. The second-order valence-corrected chi connectivity index (χ2v) is 5.84. The molecule has 0 bridgehead atoms. The number of aryl methyl sites for hydroxylation is 2. The molecule has 0 aliphatic heterocycles. The van der Waals surface area contributed by atoms with Crippen molar-refractivity contribution in [3.63, 3.8) is 0 Å². The van der Waals surface area contributed by atoms with E-state index < -0.39 is 11.7 Å². The second kappa shape index (κ2) is 7.34. The number of ether oxygens (including phenoxy) is 1. The maximum absolute atomic E-state index is 13.0. The van der Waals surface area contributed by atoms with Crippen molar-refractivity contribution < 1.29 is 17.9 Å². The summed E-state index contributed by atoms with van der Waals surface area (Å²) in [6.45, 7) is 3.70. The first-order chi connectivity index (χ1) is 11.6. The smallest absolute Gasteiger partial charge is 0.421 e. The summed E-state index contributed by atoms with van der Waals surface area (Å²) in [4.78, 5) is 7.01. The predicted octanol–water partition coefficient (Wildman–Crippen LogP) is 3.04. The molecule has 3 N–H and O–H groups in total. The van der Waals surface area contributed by atoms with Gasteiger partial charge in [-0.25, -0.2) is 14.6 Å². The van der Waals surface area contributed by atoms with Crippen LogP contribution >= 0.6 is 11.6 Å². The number of nitrogens with two attached hydrogens (primary N) is 1. The standard InChI is InChI=1S/C14H18ClF3N6O/c1-7(4-5-25-10-8(2)23-24(3)11(10)19)21-12-9(14(16,17)18)6-20-13(15)22-12/h6-7H,4-5,19H2,1-3H3,(H,20,21,22)/t7-/m0/s1. The fourth-order valence-electron chi connectivity index (χ4n) is 2.16. The van der Waals surface area contributed by atoms with Crippen LogP contribution in [0.2, 0.25) is 5.28 Å². The van der Waals surface area contributed by atoms with E-state index in [4.69, 9.17) is 22.1 Å². The summed E-state index contributed by atoms with van der Waals surface area (Å²) in [6, 6.07) is -0.356. The van der Waals surface area contributed by atoms with Gasteiger partial charge in [-0.2, -0.15) is 18.3 Å². The average molecular weight is 379 g/mol. The van der Waals surface area contributed by atoms with Crippen LogP contribution in [-0.2, 0) is 13.2 Å². The Morgan fingerprint density at radius 2 is 2.12 bits per heavy atom. The molecule has 2 heterocycles. The number of hydrogen-bond donors (Lipinski definition) is 2. The molecule has 2 aromatic heterocycles. The molecule has 0 radical (unpaired) electrons. The lowest BCUT2D eigenvalue weighted by atomic mass is 10.2. The third kappa shape index (κ3) is 4.65. The van der Waals surface area contributed by atoms with Gasteiger partial charge in [-0.1, -0.05) is 0 Å². The zero-order chi connectivity index (χ0) is 18.8. The van der Waals surface area contributed by atoms with Gasteiger partial charge in [0.05, 0.1) is 6.61 Å². The number of halogens is 4. The van der Waals surface area contributed by atoms with Crippen LogP contribution in [0.4, 0.5) is 24.8 Å². The number of alkyl halides is 3.